The van der Waals surface area contributed by atoms with Crippen molar-refractivity contribution in [1.29, 1.82) is 0 Å². The molecule has 4 aromatic carbocycles. The van der Waals surface area contributed by atoms with Crippen molar-refractivity contribution in [2.45, 2.75) is 6.92 Å². The number of ketones is 2. The molecule has 0 heterocycles. The van der Waals surface area contributed by atoms with Gasteiger partial charge in [-0.1, -0.05) is 78.9 Å². The quantitative estimate of drug-likeness (QED) is 0.186. The van der Waals surface area contributed by atoms with Crippen LogP contribution in [0, 0.1) is 0 Å². The molecule has 0 aliphatic heterocycles. The van der Waals surface area contributed by atoms with E-state index >= 15 is 0 Å². The minimum absolute atomic E-state index is 0.134. The number of carbonyl (C=O) groups excluding carboxylic acids is 3. The Labute approximate surface area is 222 Å². The fraction of sp³-hybridized carbons (Fsp3) is 0.0606. The molecule has 0 N–H and O–H groups in total. The zero-order chi connectivity index (χ0) is 26.5. The maximum Gasteiger partial charge on any atom is 0.336 e. The summed E-state index contributed by atoms with van der Waals surface area (Å²) in [5, 5.41) is 3.58. The van der Waals surface area contributed by atoms with Gasteiger partial charge in [0, 0.05) is 22.8 Å². The van der Waals surface area contributed by atoms with E-state index in [0.717, 1.165) is 0 Å². The van der Waals surface area contributed by atoms with Gasteiger partial charge in [-0.25, -0.2) is 4.79 Å². The third-order valence-electron chi connectivity index (χ3n) is 6.73. The van der Waals surface area contributed by atoms with Crippen LogP contribution in [0.1, 0.15) is 27.6 Å². The standard InChI is InChI=1S/C33H26O4P/c1-24-31(35)28-20-11-12-21-29(28)32(36)33(24)37-30(34)22-13-23-38(25-14-5-2-6-15-25,26-16-7-3-8-17-26)27-18-9-4-10-19-27/h2-22H,23H2,1H3/q+1/b22-13-. The van der Waals surface area contributed by atoms with Gasteiger partial charge in [-0.05, 0) is 49.4 Å². The fourth-order valence-corrected chi connectivity index (χ4v) is 8.84. The highest BCUT2D eigenvalue weighted by Crippen LogP contribution is 2.55. The first-order valence-corrected chi connectivity index (χ1v) is 14.3. The Morgan fingerprint density at radius 2 is 1.08 bits per heavy atom. The van der Waals surface area contributed by atoms with E-state index in [2.05, 4.69) is 36.4 Å². The molecule has 0 amide bonds. The first-order valence-electron chi connectivity index (χ1n) is 12.3. The van der Waals surface area contributed by atoms with E-state index in [4.69, 9.17) is 4.74 Å². The lowest BCUT2D eigenvalue weighted by Gasteiger charge is -2.26. The van der Waals surface area contributed by atoms with Crippen molar-refractivity contribution in [3.63, 3.8) is 0 Å². The Bertz CT molecular complexity index is 1460. The Morgan fingerprint density at radius 1 is 0.658 bits per heavy atom. The normalized spacial score (nSPS) is 13.5. The lowest BCUT2D eigenvalue weighted by atomic mass is 9.89. The van der Waals surface area contributed by atoms with E-state index < -0.39 is 19.0 Å². The summed E-state index contributed by atoms with van der Waals surface area (Å²) in [5.74, 6) is -1.67. The number of hydrogen-bond acceptors (Lipinski definition) is 4. The molecule has 4 aromatic rings. The number of rotatable bonds is 7. The molecule has 5 heteroatoms. The topological polar surface area (TPSA) is 60.4 Å². The van der Waals surface area contributed by atoms with Gasteiger partial charge in [-0.15, -0.1) is 0 Å². The zero-order valence-corrected chi connectivity index (χ0v) is 21.8. The van der Waals surface area contributed by atoms with Gasteiger partial charge in [-0.3, -0.25) is 9.59 Å². The molecule has 4 nitrogen and oxygen atoms in total. The molecule has 0 fully saturated rings. The van der Waals surface area contributed by atoms with Crippen LogP contribution in [-0.2, 0) is 9.53 Å². The van der Waals surface area contributed by atoms with Crippen LogP contribution in [0.5, 0.6) is 0 Å². The molecular weight excluding hydrogens is 491 g/mol. The largest absolute Gasteiger partial charge is 0.419 e. The Hall–Kier alpha value is -4.40. The first kappa shape index (κ1) is 25.3. The van der Waals surface area contributed by atoms with Gasteiger partial charge >= 0.3 is 5.97 Å². The molecule has 1 aliphatic carbocycles. The maximum atomic E-state index is 13.0. The molecular formula is C33H26O4P+. The lowest BCUT2D eigenvalue weighted by molar-refractivity contribution is -0.133. The number of carbonyl (C=O) groups is 3. The third kappa shape index (κ3) is 4.67. The highest BCUT2D eigenvalue weighted by atomic mass is 31.2. The Morgan fingerprint density at radius 3 is 1.55 bits per heavy atom. The predicted molar refractivity (Wildman–Crippen MR) is 153 cm³/mol. The van der Waals surface area contributed by atoms with Crippen molar-refractivity contribution in [3.8, 4) is 0 Å². The summed E-state index contributed by atoms with van der Waals surface area (Å²) in [6, 6.07) is 37.6. The van der Waals surface area contributed by atoms with Crippen molar-refractivity contribution in [2.75, 3.05) is 6.16 Å². The second-order valence-corrected chi connectivity index (χ2v) is 12.5. The summed E-state index contributed by atoms with van der Waals surface area (Å²) in [6.07, 6.45) is 3.76. The average molecular weight is 518 g/mol. The molecule has 0 bridgehead atoms. The molecule has 5 rings (SSSR count). The van der Waals surface area contributed by atoms with Crippen LogP contribution in [0.4, 0.5) is 0 Å². The molecule has 0 spiro atoms. The van der Waals surface area contributed by atoms with Gasteiger partial charge in [0.2, 0.25) is 5.78 Å². The number of benzene rings is 4. The Balaban J connectivity index is 1.48. The average Bonchev–Trinajstić information content (AvgIpc) is 2.98. The van der Waals surface area contributed by atoms with Crippen molar-refractivity contribution in [2.24, 2.45) is 0 Å². The molecule has 38 heavy (non-hydrogen) atoms. The van der Waals surface area contributed by atoms with Gasteiger partial charge in [0.1, 0.15) is 23.2 Å². The van der Waals surface area contributed by atoms with E-state index in [1.165, 1.54) is 28.9 Å². The van der Waals surface area contributed by atoms with Crippen molar-refractivity contribution < 1.29 is 19.1 Å². The number of allylic oxidation sites excluding steroid dienone is 3. The van der Waals surface area contributed by atoms with Crippen LogP contribution in [0.25, 0.3) is 0 Å². The number of esters is 1. The summed E-state index contributed by atoms with van der Waals surface area (Å²) in [6.45, 7) is 1.51. The van der Waals surface area contributed by atoms with Crippen molar-refractivity contribution in [1.82, 2.24) is 0 Å². The molecule has 0 unspecified atom stereocenters. The second-order valence-electron chi connectivity index (χ2n) is 8.98. The van der Waals surface area contributed by atoms with E-state index in [0.29, 0.717) is 11.7 Å². The summed E-state index contributed by atoms with van der Waals surface area (Å²) in [7, 11) is -2.16. The minimum Gasteiger partial charge on any atom is -0.419 e. The number of Topliss-reactive ketones (excluding diaryl/α,β-unsaturated/α-hetero) is 2. The first-order chi connectivity index (χ1) is 18.5. The Kier molecular flexibility index (Phi) is 7.26. The van der Waals surface area contributed by atoms with Gasteiger partial charge < -0.3 is 4.74 Å². The highest BCUT2D eigenvalue weighted by Gasteiger charge is 2.44. The van der Waals surface area contributed by atoms with Crippen LogP contribution in [0.2, 0.25) is 0 Å². The maximum absolute atomic E-state index is 13.0. The molecule has 186 valence electrons. The van der Waals surface area contributed by atoms with Crippen LogP contribution in [0.3, 0.4) is 0 Å². The van der Waals surface area contributed by atoms with E-state index in [1.807, 2.05) is 60.7 Å². The summed E-state index contributed by atoms with van der Waals surface area (Å²) in [5.41, 5.74) is 0.709. The van der Waals surface area contributed by atoms with Gasteiger partial charge in [-0.2, -0.15) is 0 Å². The van der Waals surface area contributed by atoms with Gasteiger partial charge in [0.05, 0.1) is 6.16 Å². The summed E-state index contributed by atoms with van der Waals surface area (Å²) < 4.78 is 5.47. The molecule has 1 aliphatic rings. The van der Waals surface area contributed by atoms with E-state index in [1.54, 1.807) is 24.3 Å². The van der Waals surface area contributed by atoms with Crippen LogP contribution in [0.15, 0.2) is 139 Å². The highest BCUT2D eigenvalue weighted by molar-refractivity contribution is 7.95. The number of hydrogen-bond donors (Lipinski definition) is 0. The monoisotopic (exact) mass is 517 g/mol. The van der Waals surface area contributed by atoms with Crippen LogP contribution >= 0.6 is 7.26 Å². The number of fused-ring (bicyclic) bond motifs is 1. The fourth-order valence-electron chi connectivity index (χ4n) is 4.85. The SMILES string of the molecule is CC1=C(OC(=O)/C=C\C[P+](c2ccccc2)(c2ccccc2)c2ccccc2)C(=O)c2ccccc2C1=O. The molecule has 0 saturated heterocycles. The van der Waals surface area contributed by atoms with E-state index in [-0.39, 0.29) is 22.7 Å². The van der Waals surface area contributed by atoms with E-state index in [9.17, 15) is 14.4 Å². The lowest BCUT2D eigenvalue weighted by Crippen LogP contribution is -2.33. The minimum atomic E-state index is -2.16. The van der Waals surface area contributed by atoms with Crippen LogP contribution < -0.4 is 15.9 Å². The third-order valence-corrected chi connectivity index (χ3v) is 11.0. The molecule has 0 saturated carbocycles. The summed E-state index contributed by atoms with van der Waals surface area (Å²) >= 11 is 0. The van der Waals surface area contributed by atoms with Gasteiger partial charge in [0.15, 0.2) is 11.5 Å². The smallest absolute Gasteiger partial charge is 0.336 e. The summed E-state index contributed by atoms with van der Waals surface area (Å²) in [4.78, 5) is 38.7. The van der Waals surface area contributed by atoms with Gasteiger partial charge in [0.25, 0.3) is 0 Å². The molecule has 0 radical (unpaired) electrons. The van der Waals surface area contributed by atoms with Crippen molar-refractivity contribution >= 4 is 40.7 Å². The van der Waals surface area contributed by atoms with Crippen LogP contribution in [-0.4, -0.2) is 23.7 Å². The number of ether oxygens (including phenoxy) is 1. The molecule has 0 atom stereocenters. The van der Waals surface area contributed by atoms with Crippen molar-refractivity contribution in [3.05, 3.63) is 150 Å². The predicted octanol–water partition coefficient (Wildman–Crippen LogP) is 5.43. The molecule has 0 aromatic heterocycles. The second kappa shape index (κ2) is 10.9. The zero-order valence-electron chi connectivity index (χ0n) is 20.9.